The minimum atomic E-state index is 0.789. The van der Waals surface area contributed by atoms with Gasteiger partial charge in [-0.1, -0.05) is 232 Å². The molecule has 2 rings (SSSR count). The highest BCUT2D eigenvalue weighted by Crippen LogP contribution is 2.35. The zero-order chi connectivity index (χ0) is 33.5. The Kier molecular flexibility index (Phi) is 28.2. The van der Waals surface area contributed by atoms with E-state index in [9.17, 15) is 0 Å². The third-order valence-electron chi connectivity index (χ3n) is 11.9. The summed E-state index contributed by atoms with van der Waals surface area (Å²) >= 11 is 0. The molecular formula is C47H86. The molecule has 0 radical (unpaired) electrons. The molecule has 0 nitrogen and oxygen atoms in total. The smallest absolute Gasteiger partial charge is 0.0159 e. The van der Waals surface area contributed by atoms with Crippen LogP contribution in [0, 0.1) is 5.92 Å². The number of hydrogen-bond acceptors (Lipinski definition) is 0. The first kappa shape index (κ1) is 42.4. The Morgan fingerprint density at radius 3 is 1.45 bits per heavy atom. The minimum Gasteiger partial charge on any atom is -0.0654 e. The molecule has 1 aliphatic carbocycles. The van der Waals surface area contributed by atoms with Gasteiger partial charge in [0.15, 0.2) is 0 Å². The third kappa shape index (κ3) is 21.8. The van der Waals surface area contributed by atoms with Crippen LogP contribution >= 0.6 is 0 Å². The van der Waals surface area contributed by atoms with E-state index in [1.165, 1.54) is 231 Å². The predicted molar refractivity (Wildman–Crippen MR) is 214 cm³/mol. The van der Waals surface area contributed by atoms with Crippen molar-refractivity contribution in [3.8, 4) is 0 Å². The summed E-state index contributed by atoms with van der Waals surface area (Å²) in [5, 5.41) is 0. The zero-order valence-electron chi connectivity index (χ0n) is 32.8. The van der Waals surface area contributed by atoms with Crippen LogP contribution in [0.1, 0.15) is 262 Å². The fourth-order valence-electron chi connectivity index (χ4n) is 8.70. The zero-order valence-corrected chi connectivity index (χ0v) is 32.8. The van der Waals surface area contributed by atoms with Gasteiger partial charge in [-0.2, -0.15) is 0 Å². The van der Waals surface area contributed by atoms with Gasteiger partial charge in [-0.25, -0.2) is 0 Å². The van der Waals surface area contributed by atoms with Crippen LogP contribution in [-0.2, 0) is 12.8 Å². The predicted octanol–water partition coefficient (Wildman–Crippen LogP) is 16.8. The minimum absolute atomic E-state index is 0.789. The molecule has 1 aromatic carbocycles. The molecule has 1 aliphatic rings. The maximum absolute atomic E-state index is 2.57. The molecule has 0 heterocycles. The first-order chi connectivity index (χ1) is 23.3. The molecular weight excluding hydrogens is 565 g/mol. The molecule has 0 aromatic heterocycles. The molecule has 47 heavy (non-hydrogen) atoms. The number of benzene rings is 1. The van der Waals surface area contributed by atoms with Gasteiger partial charge in [-0.3, -0.25) is 0 Å². The molecule has 0 amide bonds. The SMILES string of the molecule is CCCCCCCCCCCCCCCCC(CCCCC1CCCCCCCCCCC1)c1cccc(CCCC)c1CCCC. The summed E-state index contributed by atoms with van der Waals surface area (Å²) < 4.78 is 0. The highest BCUT2D eigenvalue weighted by atomic mass is 14.2. The van der Waals surface area contributed by atoms with Crippen LogP contribution in [0.15, 0.2) is 18.2 Å². The van der Waals surface area contributed by atoms with Gasteiger partial charge in [0.1, 0.15) is 0 Å². The van der Waals surface area contributed by atoms with Crippen LogP contribution in [0.3, 0.4) is 0 Å². The lowest BCUT2D eigenvalue weighted by molar-refractivity contribution is 0.357. The Morgan fingerprint density at radius 2 is 0.915 bits per heavy atom. The number of rotatable bonds is 27. The number of unbranched alkanes of at least 4 members (excludes halogenated alkanes) is 16. The first-order valence-corrected chi connectivity index (χ1v) is 22.4. The Balaban J connectivity index is 1.86. The summed E-state index contributed by atoms with van der Waals surface area (Å²) in [4.78, 5) is 0. The van der Waals surface area contributed by atoms with E-state index in [4.69, 9.17) is 0 Å². The topological polar surface area (TPSA) is 0 Å². The van der Waals surface area contributed by atoms with Crippen molar-refractivity contribution in [1.29, 1.82) is 0 Å². The molecule has 1 aromatic rings. The van der Waals surface area contributed by atoms with Gasteiger partial charge in [-0.05, 0) is 67.1 Å². The van der Waals surface area contributed by atoms with Gasteiger partial charge in [0.2, 0.25) is 0 Å². The summed E-state index contributed by atoms with van der Waals surface area (Å²) in [6.45, 7) is 7.05. The molecule has 0 aliphatic heterocycles. The standard InChI is InChI=1S/C47H86/c1-4-7-10-11-12-13-14-15-16-17-21-24-27-30-38-45(47-42-33-40-44(37-8-5-2)46(47)41-9-6-3)39-32-31-36-43-34-28-25-22-19-18-20-23-26-29-35-43/h33,40,42-43,45H,4-32,34-39,41H2,1-3H3. The van der Waals surface area contributed by atoms with Crippen molar-refractivity contribution in [2.45, 2.75) is 258 Å². The van der Waals surface area contributed by atoms with Crippen LogP contribution < -0.4 is 0 Å². The van der Waals surface area contributed by atoms with Crippen LogP contribution in [0.4, 0.5) is 0 Å². The van der Waals surface area contributed by atoms with Crippen molar-refractivity contribution in [1.82, 2.24) is 0 Å². The first-order valence-electron chi connectivity index (χ1n) is 22.4. The molecule has 1 saturated carbocycles. The van der Waals surface area contributed by atoms with Crippen LogP contribution in [0.2, 0.25) is 0 Å². The third-order valence-corrected chi connectivity index (χ3v) is 11.9. The molecule has 1 atom stereocenters. The Bertz CT molecular complexity index is 779. The lowest BCUT2D eigenvalue weighted by Crippen LogP contribution is -2.08. The lowest BCUT2D eigenvalue weighted by atomic mass is 9.81. The molecule has 1 fully saturated rings. The van der Waals surface area contributed by atoms with Crippen LogP contribution in [0.25, 0.3) is 0 Å². The van der Waals surface area contributed by atoms with Gasteiger partial charge in [-0.15, -0.1) is 0 Å². The number of hydrogen-bond donors (Lipinski definition) is 0. The molecule has 274 valence electrons. The molecule has 0 N–H and O–H groups in total. The average molecular weight is 651 g/mol. The van der Waals surface area contributed by atoms with Crippen molar-refractivity contribution in [3.05, 3.63) is 34.9 Å². The molecule has 0 heteroatoms. The highest BCUT2D eigenvalue weighted by Gasteiger charge is 2.18. The van der Waals surface area contributed by atoms with Crippen molar-refractivity contribution in [3.63, 3.8) is 0 Å². The number of aryl methyl sites for hydroxylation is 1. The monoisotopic (exact) mass is 651 g/mol. The second kappa shape index (κ2) is 31.2. The Hall–Kier alpha value is -0.780. The van der Waals surface area contributed by atoms with E-state index < -0.39 is 0 Å². The Morgan fingerprint density at radius 1 is 0.468 bits per heavy atom. The van der Waals surface area contributed by atoms with Gasteiger partial charge >= 0.3 is 0 Å². The largest absolute Gasteiger partial charge is 0.0654 e. The van der Waals surface area contributed by atoms with Gasteiger partial charge in [0, 0.05) is 0 Å². The molecule has 0 bridgehead atoms. The second-order valence-electron chi connectivity index (χ2n) is 16.2. The summed E-state index contributed by atoms with van der Waals surface area (Å²) in [6.07, 6.45) is 52.1. The fraction of sp³-hybridized carbons (Fsp3) is 0.872. The van der Waals surface area contributed by atoms with E-state index in [0.29, 0.717) is 0 Å². The quantitative estimate of drug-likeness (QED) is 0.0831. The summed E-state index contributed by atoms with van der Waals surface area (Å²) in [6, 6.07) is 7.48. The van der Waals surface area contributed by atoms with E-state index in [1.807, 2.05) is 0 Å². The van der Waals surface area contributed by atoms with Crippen molar-refractivity contribution in [2.24, 2.45) is 5.92 Å². The maximum Gasteiger partial charge on any atom is -0.0159 e. The van der Waals surface area contributed by atoms with E-state index in [0.717, 1.165) is 11.8 Å². The van der Waals surface area contributed by atoms with E-state index >= 15 is 0 Å². The maximum atomic E-state index is 2.57. The fourth-order valence-corrected chi connectivity index (χ4v) is 8.70. The van der Waals surface area contributed by atoms with Gasteiger partial charge in [0.05, 0.1) is 0 Å². The lowest BCUT2D eigenvalue weighted by Gasteiger charge is -2.24. The van der Waals surface area contributed by atoms with Gasteiger partial charge < -0.3 is 0 Å². The summed E-state index contributed by atoms with van der Waals surface area (Å²) in [5.41, 5.74) is 5.24. The van der Waals surface area contributed by atoms with E-state index in [2.05, 4.69) is 39.0 Å². The van der Waals surface area contributed by atoms with Crippen molar-refractivity contribution in [2.75, 3.05) is 0 Å². The second-order valence-corrected chi connectivity index (χ2v) is 16.2. The van der Waals surface area contributed by atoms with Crippen molar-refractivity contribution >= 4 is 0 Å². The Labute approximate surface area is 297 Å². The summed E-state index contributed by atoms with van der Waals surface area (Å²) in [5.74, 6) is 1.80. The van der Waals surface area contributed by atoms with Crippen LogP contribution in [0.5, 0.6) is 0 Å². The van der Waals surface area contributed by atoms with E-state index in [-0.39, 0.29) is 0 Å². The summed E-state index contributed by atoms with van der Waals surface area (Å²) in [7, 11) is 0. The highest BCUT2D eigenvalue weighted by molar-refractivity contribution is 5.38. The van der Waals surface area contributed by atoms with E-state index in [1.54, 1.807) is 16.7 Å². The molecule has 1 unspecified atom stereocenters. The normalized spacial score (nSPS) is 16.1. The molecule has 0 saturated heterocycles. The molecule has 0 spiro atoms. The van der Waals surface area contributed by atoms with Gasteiger partial charge in [0.25, 0.3) is 0 Å². The average Bonchev–Trinajstić information content (AvgIpc) is 3.08. The van der Waals surface area contributed by atoms with Crippen LogP contribution in [-0.4, -0.2) is 0 Å². The van der Waals surface area contributed by atoms with Crippen molar-refractivity contribution < 1.29 is 0 Å².